The van der Waals surface area contributed by atoms with Gasteiger partial charge in [0, 0.05) is 25.2 Å². The molecule has 2 N–H and O–H groups in total. The third-order valence-corrected chi connectivity index (χ3v) is 5.45. The fourth-order valence-electron chi connectivity index (χ4n) is 3.00. The molecule has 0 unspecified atom stereocenters. The smallest absolute Gasteiger partial charge is 0.332 e. The molecule has 3 heterocycles. The van der Waals surface area contributed by atoms with Gasteiger partial charge in [-0.05, 0) is 18.1 Å². The number of carbonyl (C=O) groups is 2. The summed E-state index contributed by atoms with van der Waals surface area (Å²) >= 11 is 1.34. The van der Waals surface area contributed by atoms with Gasteiger partial charge >= 0.3 is 11.7 Å². The van der Waals surface area contributed by atoms with Gasteiger partial charge in [0.25, 0.3) is 5.56 Å². The van der Waals surface area contributed by atoms with Gasteiger partial charge in [-0.3, -0.25) is 28.5 Å². The zero-order valence-corrected chi connectivity index (χ0v) is 18.7. The van der Waals surface area contributed by atoms with Crippen molar-refractivity contribution in [2.45, 2.75) is 26.8 Å². The highest BCUT2D eigenvalue weighted by molar-refractivity contribution is 7.13. The Bertz CT molecular complexity index is 1260. The number of thiazole rings is 1. The Morgan fingerprint density at radius 3 is 2.66 bits per heavy atom. The number of hydrogen-bond donors (Lipinski definition) is 1. The zero-order chi connectivity index (χ0) is 23.4. The SMILES string of the molecule is CC(C)Cn1c(N)c(C(=O)COC(=O)Cc2csc(-c3ccccn3)n2)c(=O)n(C)c1=O. The third-order valence-electron chi connectivity index (χ3n) is 4.54. The van der Waals surface area contributed by atoms with Gasteiger partial charge in [0.05, 0.1) is 17.8 Å². The zero-order valence-electron chi connectivity index (χ0n) is 17.9. The van der Waals surface area contributed by atoms with E-state index in [9.17, 15) is 19.2 Å². The molecule has 0 amide bonds. The monoisotopic (exact) mass is 457 g/mol. The van der Waals surface area contributed by atoms with Crippen LogP contribution in [0, 0.1) is 5.92 Å². The molecule has 3 aromatic rings. The van der Waals surface area contributed by atoms with Crippen LogP contribution in [0.15, 0.2) is 39.4 Å². The van der Waals surface area contributed by atoms with Crippen LogP contribution >= 0.6 is 11.3 Å². The molecule has 0 saturated carbocycles. The Labute approximate surface area is 187 Å². The van der Waals surface area contributed by atoms with Crippen LogP contribution in [0.3, 0.4) is 0 Å². The minimum atomic E-state index is -0.826. The molecule has 0 radical (unpaired) electrons. The highest BCUT2D eigenvalue weighted by atomic mass is 32.1. The van der Waals surface area contributed by atoms with Gasteiger partial charge in [0.15, 0.2) is 6.61 Å². The first-order valence-electron chi connectivity index (χ1n) is 9.83. The van der Waals surface area contributed by atoms with Gasteiger partial charge in [0.2, 0.25) is 5.78 Å². The number of Topliss-reactive ketones (excluding diaryl/α,β-unsaturated/α-hetero) is 1. The Hall–Kier alpha value is -3.60. The van der Waals surface area contributed by atoms with Gasteiger partial charge < -0.3 is 10.5 Å². The number of rotatable bonds is 8. The van der Waals surface area contributed by atoms with E-state index >= 15 is 0 Å². The maximum absolute atomic E-state index is 12.6. The first-order chi connectivity index (χ1) is 15.2. The van der Waals surface area contributed by atoms with Crippen molar-refractivity contribution < 1.29 is 14.3 Å². The summed E-state index contributed by atoms with van der Waals surface area (Å²) < 4.78 is 7.05. The molecule has 0 spiro atoms. The maximum Gasteiger partial charge on any atom is 0.332 e. The standard InChI is InChI=1S/C21H23N5O5S/c1-12(2)9-26-18(22)17(20(29)25(3)21(26)30)15(27)10-31-16(28)8-13-11-32-19(24-13)14-6-4-5-7-23-14/h4-7,11-12H,8-10,22H2,1-3H3. The van der Waals surface area contributed by atoms with E-state index in [-0.39, 0.29) is 30.3 Å². The van der Waals surface area contributed by atoms with Crippen molar-refractivity contribution in [3.8, 4) is 10.7 Å². The Morgan fingerprint density at radius 1 is 1.25 bits per heavy atom. The Balaban J connectivity index is 1.70. The lowest BCUT2D eigenvalue weighted by atomic mass is 10.1. The third kappa shape index (κ3) is 4.99. The van der Waals surface area contributed by atoms with E-state index in [4.69, 9.17) is 10.5 Å². The average Bonchev–Trinajstić information content (AvgIpc) is 3.23. The molecule has 0 fully saturated rings. The number of carbonyl (C=O) groups excluding carboxylic acids is 2. The summed E-state index contributed by atoms with van der Waals surface area (Å²) in [7, 11) is 1.27. The summed E-state index contributed by atoms with van der Waals surface area (Å²) in [6, 6.07) is 5.44. The molecule has 0 aliphatic heterocycles. The highest BCUT2D eigenvalue weighted by Gasteiger charge is 2.23. The number of nitrogens with zero attached hydrogens (tertiary/aromatic N) is 4. The second kappa shape index (κ2) is 9.69. The molecule has 0 aromatic carbocycles. The van der Waals surface area contributed by atoms with Gasteiger partial charge in [-0.25, -0.2) is 9.78 Å². The average molecular weight is 458 g/mol. The van der Waals surface area contributed by atoms with Crippen LogP contribution in [0.2, 0.25) is 0 Å². The van der Waals surface area contributed by atoms with Crippen molar-refractivity contribution in [1.82, 2.24) is 19.1 Å². The van der Waals surface area contributed by atoms with E-state index in [2.05, 4.69) is 9.97 Å². The van der Waals surface area contributed by atoms with Crippen molar-refractivity contribution in [2.24, 2.45) is 13.0 Å². The highest BCUT2D eigenvalue weighted by Crippen LogP contribution is 2.21. The number of hydrogen-bond acceptors (Lipinski definition) is 9. The fourth-order valence-corrected chi connectivity index (χ4v) is 3.79. The summed E-state index contributed by atoms with van der Waals surface area (Å²) in [5, 5.41) is 2.37. The van der Waals surface area contributed by atoms with E-state index in [1.807, 2.05) is 26.0 Å². The van der Waals surface area contributed by atoms with Crippen molar-refractivity contribution in [2.75, 3.05) is 12.3 Å². The van der Waals surface area contributed by atoms with E-state index in [1.54, 1.807) is 17.6 Å². The summed E-state index contributed by atoms with van der Waals surface area (Å²) in [6.45, 7) is 3.31. The Kier molecular flexibility index (Phi) is 6.98. The molecular formula is C21H23N5O5S. The van der Waals surface area contributed by atoms with Crippen LogP contribution in [0.5, 0.6) is 0 Å². The lowest BCUT2D eigenvalue weighted by Gasteiger charge is -2.16. The van der Waals surface area contributed by atoms with Gasteiger partial charge in [-0.2, -0.15) is 0 Å². The number of pyridine rings is 1. The number of nitrogens with two attached hydrogens (primary N) is 1. The van der Waals surface area contributed by atoms with Crippen molar-refractivity contribution in [1.29, 1.82) is 0 Å². The number of aromatic nitrogens is 4. The number of anilines is 1. The van der Waals surface area contributed by atoms with Gasteiger partial charge in [0.1, 0.15) is 16.4 Å². The van der Waals surface area contributed by atoms with E-state index in [0.29, 0.717) is 16.4 Å². The molecule has 32 heavy (non-hydrogen) atoms. The van der Waals surface area contributed by atoms with Gasteiger partial charge in [-0.1, -0.05) is 19.9 Å². The largest absolute Gasteiger partial charge is 0.457 e. The molecule has 0 atom stereocenters. The Morgan fingerprint density at radius 2 is 2.00 bits per heavy atom. The quantitative estimate of drug-likeness (QED) is 0.394. The predicted molar refractivity (Wildman–Crippen MR) is 120 cm³/mol. The predicted octanol–water partition coefficient (Wildman–Crippen LogP) is 1.27. The molecule has 11 heteroatoms. The van der Waals surface area contributed by atoms with Crippen molar-refractivity contribution >= 4 is 28.9 Å². The maximum atomic E-state index is 12.6. The lowest BCUT2D eigenvalue weighted by molar-refractivity contribution is -0.141. The number of ether oxygens (including phenoxy) is 1. The van der Waals surface area contributed by atoms with Crippen LogP contribution in [0.25, 0.3) is 10.7 Å². The normalized spacial score (nSPS) is 11.0. The minimum absolute atomic E-state index is 0.0577. The van der Waals surface area contributed by atoms with Crippen LogP contribution in [-0.2, 0) is 29.5 Å². The van der Waals surface area contributed by atoms with E-state index in [0.717, 1.165) is 4.57 Å². The first kappa shape index (κ1) is 23.1. The molecule has 168 valence electrons. The summed E-state index contributed by atoms with van der Waals surface area (Å²) in [5.74, 6) is -1.63. The molecule has 0 aliphatic rings. The number of ketones is 1. The van der Waals surface area contributed by atoms with Crippen LogP contribution in [-0.4, -0.2) is 37.5 Å². The fraction of sp³-hybridized carbons (Fsp3) is 0.333. The van der Waals surface area contributed by atoms with Crippen molar-refractivity contribution in [3.05, 3.63) is 61.9 Å². The molecule has 10 nitrogen and oxygen atoms in total. The molecule has 3 rings (SSSR count). The second-order valence-corrected chi connectivity index (χ2v) is 8.39. The second-order valence-electron chi connectivity index (χ2n) is 7.53. The van der Waals surface area contributed by atoms with Crippen LogP contribution in [0.4, 0.5) is 5.82 Å². The van der Waals surface area contributed by atoms with E-state index < -0.39 is 29.6 Å². The molecule has 0 saturated heterocycles. The number of esters is 1. The first-order valence-corrected chi connectivity index (χ1v) is 10.7. The van der Waals surface area contributed by atoms with Crippen molar-refractivity contribution in [3.63, 3.8) is 0 Å². The van der Waals surface area contributed by atoms with Gasteiger partial charge in [-0.15, -0.1) is 11.3 Å². The summed E-state index contributed by atoms with van der Waals surface area (Å²) in [5.41, 5.74) is 5.33. The van der Waals surface area contributed by atoms with Crippen LogP contribution in [0.1, 0.15) is 29.9 Å². The van der Waals surface area contributed by atoms with E-state index in [1.165, 1.54) is 23.0 Å². The lowest BCUT2D eigenvalue weighted by Crippen LogP contribution is -2.43. The molecule has 3 aromatic heterocycles. The minimum Gasteiger partial charge on any atom is -0.457 e. The topological polar surface area (TPSA) is 139 Å². The number of nitrogen functional groups attached to an aromatic ring is 1. The summed E-state index contributed by atoms with van der Waals surface area (Å²) in [6.07, 6.45) is 1.51. The molecular weight excluding hydrogens is 434 g/mol. The van der Waals surface area contributed by atoms with Crippen LogP contribution < -0.4 is 17.0 Å². The molecule has 0 bridgehead atoms. The summed E-state index contributed by atoms with van der Waals surface area (Å²) in [4.78, 5) is 58.2. The molecule has 0 aliphatic carbocycles.